The highest BCUT2D eigenvalue weighted by atomic mass is 16.5. The van der Waals surface area contributed by atoms with Gasteiger partial charge in [-0.05, 0) is 44.8 Å². The normalized spacial score (nSPS) is 17.6. The van der Waals surface area contributed by atoms with Gasteiger partial charge in [-0.1, -0.05) is 24.5 Å². The van der Waals surface area contributed by atoms with Crippen LogP contribution in [0.5, 0.6) is 0 Å². The molecule has 0 radical (unpaired) electrons. The Morgan fingerprint density at radius 2 is 1.88 bits per heavy atom. The van der Waals surface area contributed by atoms with Crippen LogP contribution in [-0.4, -0.2) is 48.2 Å². The fourth-order valence-electron chi connectivity index (χ4n) is 3.95. The molecule has 3 heterocycles. The maximum atomic E-state index is 12.7. The summed E-state index contributed by atoms with van der Waals surface area (Å²) >= 11 is 0. The molecular formula is C24H33N7O2. The van der Waals surface area contributed by atoms with E-state index in [0.29, 0.717) is 49.0 Å². The quantitative estimate of drug-likeness (QED) is 0.385. The summed E-state index contributed by atoms with van der Waals surface area (Å²) in [6, 6.07) is 0.215. The number of hydrogen-bond acceptors (Lipinski definition) is 8. The van der Waals surface area contributed by atoms with Crippen molar-refractivity contribution in [2.45, 2.75) is 38.6 Å². The van der Waals surface area contributed by atoms with Gasteiger partial charge < -0.3 is 32.2 Å². The van der Waals surface area contributed by atoms with Crippen LogP contribution in [0.15, 0.2) is 36.2 Å². The third kappa shape index (κ3) is 6.73. The second kappa shape index (κ2) is 11.4. The largest absolute Gasteiger partial charge is 0.386 e. The third-order valence-corrected chi connectivity index (χ3v) is 5.83. The summed E-state index contributed by atoms with van der Waals surface area (Å²) in [5.41, 5.74) is 19.0. The first-order valence-electron chi connectivity index (χ1n) is 11.2. The first-order chi connectivity index (χ1) is 15.9. The molecule has 7 N–H and O–H groups in total. The Morgan fingerprint density at radius 3 is 2.52 bits per heavy atom. The summed E-state index contributed by atoms with van der Waals surface area (Å²) in [7, 11) is 0. The molecule has 9 nitrogen and oxygen atoms in total. The topological polar surface area (TPSA) is 145 Å². The number of amides is 1. The second-order valence-corrected chi connectivity index (χ2v) is 8.27. The maximum Gasteiger partial charge on any atom is 0.223 e. The number of nitrogen functional groups attached to an aromatic ring is 1. The molecule has 0 aromatic carbocycles. The van der Waals surface area contributed by atoms with Gasteiger partial charge in [-0.15, -0.1) is 0 Å². The standard InChI is InChI=1S/C24H33N7O2/c1-3-17(5-7-21(25)26)4-6-20-16(2)28-24(27)30-22(20)31-12-8-18(9-13-31)23(32)29-19-10-14-33-15-11-19/h3,5,7,18-19H,1,8-15,25-26H2,2H3,(H,29,32)(H2,27,28,30)/b17-5+. The van der Waals surface area contributed by atoms with E-state index >= 15 is 0 Å². The fourth-order valence-corrected chi connectivity index (χ4v) is 3.95. The smallest absolute Gasteiger partial charge is 0.223 e. The van der Waals surface area contributed by atoms with Crippen LogP contribution in [0, 0.1) is 24.7 Å². The lowest BCUT2D eigenvalue weighted by atomic mass is 9.94. The Bertz CT molecular complexity index is 988. The van der Waals surface area contributed by atoms with Crippen molar-refractivity contribution in [1.29, 1.82) is 0 Å². The molecule has 3 rings (SSSR count). The summed E-state index contributed by atoms with van der Waals surface area (Å²) < 4.78 is 5.37. The lowest BCUT2D eigenvalue weighted by molar-refractivity contribution is -0.126. The molecule has 2 saturated heterocycles. The molecule has 0 atom stereocenters. The van der Waals surface area contributed by atoms with Gasteiger partial charge in [0.05, 0.1) is 17.1 Å². The summed E-state index contributed by atoms with van der Waals surface area (Å²) in [5, 5.41) is 3.19. The van der Waals surface area contributed by atoms with Crippen molar-refractivity contribution in [1.82, 2.24) is 15.3 Å². The maximum absolute atomic E-state index is 12.7. The van der Waals surface area contributed by atoms with Gasteiger partial charge in [0.2, 0.25) is 11.9 Å². The molecule has 1 aromatic rings. The molecule has 9 heteroatoms. The average molecular weight is 452 g/mol. The molecule has 176 valence electrons. The van der Waals surface area contributed by atoms with Gasteiger partial charge >= 0.3 is 0 Å². The van der Waals surface area contributed by atoms with E-state index in [-0.39, 0.29) is 29.6 Å². The summed E-state index contributed by atoms with van der Waals surface area (Å²) in [6.45, 7) is 8.43. The number of anilines is 2. The molecule has 1 amide bonds. The number of ether oxygens (including phenoxy) is 1. The minimum Gasteiger partial charge on any atom is -0.386 e. The first kappa shape index (κ1) is 24.1. The van der Waals surface area contributed by atoms with Crippen LogP contribution < -0.4 is 27.4 Å². The van der Waals surface area contributed by atoms with Crippen LogP contribution in [0.1, 0.15) is 36.9 Å². The van der Waals surface area contributed by atoms with Crippen LogP contribution in [-0.2, 0) is 9.53 Å². The number of nitrogens with one attached hydrogen (secondary N) is 1. The Hall–Kier alpha value is -3.51. The molecule has 0 saturated carbocycles. The lowest BCUT2D eigenvalue weighted by Crippen LogP contribution is -2.45. The molecule has 0 spiro atoms. The number of rotatable bonds is 5. The van der Waals surface area contributed by atoms with E-state index in [1.807, 2.05) is 6.92 Å². The Labute approximate surface area is 195 Å². The number of nitrogens with two attached hydrogens (primary N) is 3. The number of allylic oxidation sites excluding steroid dienone is 4. The van der Waals surface area contributed by atoms with Gasteiger partial charge in [-0.3, -0.25) is 4.79 Å². The van der Waals surface area contributed by atoms with Crippen molar-refractivity contribution >= 4 is 17.7 Å². The van der Waals surface area contributed by atoms with E-state index in [1.54, 1.807) is 18.2 Å². The van der Waals surface area contributed by atoms with E-state index < -0.39 is 0 Å². The number of hydrogen-bond donors (Lipinski definition) is 4. The predicted molar refractivity (Wildman–Crippen MR) is 130 cm³/mol. The molecule has 0 bridgehead atoms. The van der Waals surface area contributed by atoms with Gasteiger partial charge in [-0.25, -0.2) is 4.98 Å². The van der Waals surface area contributed by atoms with E-state index in [2.05, 4.69) is 38.6 Å². The van der Waals surface area contributed by atoms with Crippen LogP contribution in [0.3, 0.4) is 0 Å². The zero-order valence-electron chi connectivity index (χ0n) is 19.1. The molecule has 2 aliphatic rings. The first-order valence-corrected chi connectivity index (χ1v) is 11.2. The number of aromatic nitrogens is 2. The van der Waals surface area contributed by atoms with Crippen molar-refractivity contribution in [3.63, 3.8) is 0 Å². The predicted octanol–water partition coefficient (Wildman–Crippen LogP) is 1.10. The van der Waals surface area contributed by atoms with Gasteiger partial charge in [0.1, 0.15) is 5.82 Å². The SMILES string of the molecule is C=C/C(C#Cc1c(C)nc(N)nc1N1CCC(C(=O)NC2CCOCC2)CC1)=C\C=C(N)N. The van der Waals surface area contributed by atoms with Gasteiger partial charge in [0, 0.05) is 43.8 Å². The van der Waals surface area contributed by atoms with E-state index in [1.165, 1.54) is 0 Å². The highest BCUT2D eigenvalue weighted by Crippen LogP contribution is 2.27. The minimum absolute atomic E-state index is 0.0114. The van der Waals surface area contributed by atoms with Crippen molar-refractivity contribution in [3.8, 4) is 11.8 Å². The Balaban J connectivity index is 1.73. The van der Waals surface area contributed by atoms with Crippen molar-refractivity contribution in [2.75, 3.05) is 36.9 Å². The lowest BCUT2D eigenvalue weighted by Gasteiger charge is -2.34. The van der Waals surface area contributed by atoms with E-state index in [9.17, 15) is 4.79 Å². The fraction of sp³-hybridized carbons (Fsp3) is 0.458. The van der Waals surface area contributed by atoms with Crippen molar-refractivity contribution < 1.29 is 9.53 Å². The van der Waals surface area contributed by atoms with E-state index in [4.69, 9.17) is 21.9 Å². The molecule has 33 heavy (non-hydrogen) atoms. The molecule has 2 aliphatic heterocycles. The Kier molecular flexibility index (Phi) is 8.33. The zero-order valence-corrected chi connectivity index (χ0v) is 19.1. The number of nitrogens with zero attached hydrogens (tertiary/aromatic N) is 3. The van der Waals surface area contributed by atoms with Gasteiger partial charge in [0.25, 0.3) is 0 Å². The molecule has 2 fully saturated rings. The second-order valence-electron chi connectivity index (χ2n) is 8.27. The summed E-state index contributed by atoms with van der Waals surface area (Å²) in [6.07, 6.45) is 8.12. The van der Waals surface area contributed by atoms with E-state index in [0.717, 1.165) is 25.7 Å². The summed E-state index contributed by atoms with van der Waals surface area (Å²) in [5.74, 6) is 7.42. The molecule has 0 unspecified atom stereocenters. The molecule has 0 aliphatic carbocycles. The summed E-state index contributed by atoms with van der Waals surface area (Å²) in [4.78, 5) is 23.6. The Morgan fingerprint density at radius 1 is 1.18 bits per heavy atom. The number of carbonyl (C=O) groups excluding carboxylic acids is 1. The van der Waals surface area contributed by atoms with Crippen LogP contribution in [0.4, 0.5) is 11.8 Å². The average Bonchev–Trinajstić information content (AvgIpc) is 2.80. The van der Waals surface area contributed by atoms with Crippen molar-refractivity contribution in [2.24, 2.45) is 17.4 Å². The molecule has 1 aromatic heterocycles. The van der Waals surface area contributed by atoms with Gasteiger partial charge in [-0.2, -0.15) is 4.98 Å². The van der Waals surface area contributed by atoms with Crippen LogP contribution in [0.25, 0.3) is 0 Å². The number of carbonyl (C=O) groups is 1. The highest BCUT2D eigenvalue weighted by molar-refractivity contribution is 5.79. The minimum atomic E-state index is -0.0114. The third-order valence-electron chi connectivity index (χ3n) is 5.83. The van der Waals surface area contributed by atoms with Crippen LogP contribution in [0.2, 0.25) is 0 Å². The highest BCUT2D eigenvalue weighted by Gasteiger charge is 2.29. The van der Waals surface area contributed by atoms with Crippen molar-refractivity contribution in [3.05, 3.63) is 47.5 Å². The molecular weight excluding hydrogens is 418 g/mol. The van der Waals surface area contributed by atoms with Crippen LogP contribution >= 0.6 is 0 Å². The number of piperidine rings is 1. The zero-order chi connectivity index (χ0) is 23.8. The number of aryl methyl sites for hydroxylation is 1. The monoisotopic (exact) mass is 451 g/mol. The van der Waals surface area contributed by atoms with Gasteiger partial charge in [0.15, 0.2) is 0 Å².